The summed E-state index contributed by atoms with van der Waals surface area (Å²) < 4.78 is 43.6. The second-order valence-electron chi connectivity index (χ2n) is 5.06. The third kappa shape index (κ3) is 2.72. The third-order valence-electron chi connectivity index (χ3n) is 3.51. The van der Waals surface area contributed by atoms with Crippen molar-refractivity contribution in [1.29, 1.82) is 0 Å². The van der Waals surface area contributed by atoms with Crippen LogP contribution in [0.1, 0.15) is 11.1 Å². The average molecular weight is 322 g/mol. The molecular weight excluding hydrogens is 310 g/mol. The number of rotatable bonds is 3. The summed E-state index contributed by atoms with van der Waals surface area (Å²) in [5, 5.41) is 18.8. The summed E-state index contributed by atoms with van der Waals surface area (Å²) in [4.78, 5) is -0.0120. The predicted molar refractivity (Wildman–Crippen MR) is 77.8 cm³/mol. The largest absolute Gasteiger partial charge is 0.508 e. The summed E-state index contributed by atoms with van der Waals surface area (Å²) in [6.07, 6.45) is 0. The SMILES string of the molecule is O=S(=O)(Cc1cc2c(cc1F)COB2O)c1ccc(O)cc1. The molecule has 0 aliphatic carbocycles. The van der Waals surface area contributed by atoms with Gasteiger partial charge in [0.05, 0.1) is 17.3 Å². The minimum absolute atomic E-state index is 0.0120. The van der Waals surface area contributed by atoms with E-state index < -0.39 is 28.5 Å². The molecule has 5 nitrogen and oxygen atoms in total. The summed E-state index contributed by atoms with van der Waals surface area (Å²) in [6, 6.07) is 7.53. The molecule has 3 rings (SSSR count). The van der Waals surface area contributed by atoms with Gasteiger partial charge in [-0.25, -0.2) is 12.8 Å². The van der Waals surface area contributed by atoms with E-state index in [0.29, 0.717) is 11.0 Å². The van der Waals surface area contributed by atoms with Crippen molar-refractivity contribution in [2.24, 2.45) is 0 Å². The van der Waals surface area contributed by atoms with Crippen LogP contribution in [-0.4, -0.2) is 25.7 Å². The van der Waals surface area contributed by atoms with Gasteiger partial charge in [-0.3, -0.25) is 0 Å². The summed E-state index contributed by atoms with van der Waals surface area (Å²) in [7, 11) is -4.92. The molecule has 1 aliphatic rings. The van der Waals surface area contributed by atoms with Crippen molar-refractivity contribution in [3.05, 3.63) is 53.3 Å². The molecule has 114 valence electrons. The first kappa shape index (κ1) is 15.0. The average Bonchev–Trinajstić information content (AvgIpc) is 2.80. The molecule has 0 saturated carbocycles. The number of hydrogen-bond donors (Lipinski definition) is 2. The molecule has 2 N–H and O–H groups in total. The molecule has 0 atom stereocenters. The van der Waals surface area contributed by atoms with Gasteiger partial charge in [-0.05, 0) is 41.4 Å². The van der Waals surface area contributed by atoms with Crippen molar-refractivity contribution in [2.45, 2.75) is 17.3 Å². The second kappa shape index (κ2) is 5.38. The lowest BCUT2D eigenvalue weighted by Gasteiger charge is -2.08. The minimum Gasteiger partial charge on any atom is -0.508 e. The molecule has 0 bridgehead atoms. The first-order valence-electron chi connectivity index (χ1n) is 6.49. The number of sulfone groups is 1. The van der Waals surface area contributed by atoms with E-state index in [-0.39, 0.29) is 22.8 Å². The van der Waals surface area contributed by atoms with Gasteiger partial charge in [0.2, 0.25) is 0 Å². The Hall–Kier alpha value is -1.90. The second-order valence-corrected chi connectivity index (χ2v) is 7.05. The van der Waals surface area contributed by atoms with Crippen molar-refractivity contribution < 1.29 is 27.6 Å². The van der Waals surface area contributed by atoms with E-state index in [1.54, 1.807) is 0 Å². The fraction of sp³-hybridized carbons (Fsp3) is 0.143. The number of hydrogen-bond acceptors (Lipinski definition) is 5. The molecule has 22 heavy (non-hydrogen) atoms. The standard InChI is InChI=1S/C14H12BFO5S/c16-14-6-9-7-21-15(18)13(9)5-10(14)8-22(19,20)12-3-1-11(17)2-4-12/h1-6,17-18H,7-8H2. The number of aromatic hydroxyl groups is 1. The van der Waals surface area contributed by atoms with Gasteiger partial charge in [0.25, 0.3) is 0 Å². The van der Waals surface area contributed by atoms with E-state index in [0.717, 1.165) is 0 Å². The molecular formula is C14H12BFO5S. The lowest BCUT2D eigenvalue weighted by molar-refractivity contribution is 0.275. The Bertz CT molecular complexity index is 820. The van der Waals surface area contributed by atoms with E-state index in [4.69, 9.17) is 4.65 Å². The van der Waals surface area contributed by atoms with E-state index in [2.05, 4.69) is 0 Å². The zero-order chi connectivity index (χ0) is 15.9. The number of fused-ring (bicyclic) bond motifs is 1. The summed E-state index contributed by atoms with van der Waals surface area (Å²) in [6.45, 7) is 0.0956. The Balaban J connectivity index is 1.96. The fourth-order valence-electron chi connectivity index (χ4n) is 2.34. The predicted octanol–water partition coefficient (Wildman–Crippen LogP) is 0.723. The Morgan fingerprint density at radius 2 is 1.91 bits per heavy atom. The Kier molecular flexibility index (Phi) is 3.68. The topological polar surface area (TPSA) is 83.8 Å². The van der Waals surface area contributed by atoms with Gasteiger partial charge in [0.1, 0.15) is 11.6 Å². The number of phenols is 1. The van der Waals surface area contributed by atoms with Gasteiger partial charge in [-0.15, -0.1) is 0 Å². The monoisotopic (exact) mass is 322 g/mol. The van der Waals surface area contributed by atoms with Crippen molar-refractivity contribution >= 4 is 22.4 Å². The van der Waals surface area contributed by atoms with E-state index in [9.17, 15) is 22.9 Å². The third-order valence-corrected chi connectivity index (χ3v) is 5.19. The van der Waals surface area contributed by atoms with Crippen LogP contribution in [0.15, 0.2) is 41.3 Å². The molecule has 2 aromatic carbocycles. The van der Waals surface area contributed by atoms with Crippen LogP contribution < -0.4 is 5.46 Å². The summed E-state index contributed by atoms with van der Waals surface area (Å²) in [5.74, 6) is -1.24. The molecule has 8 heteroatoms. The molecule has 0 unspecified atom stereocenters. The normalized spacial score (nSPS) is 14.2. The van der Waals surface area contributed by atoms with Crippen molar-refractivity contribution in [1.82, 2.24) is 0 Å². The Morgan fingerprint density at radius 3 is 2.59 bits per heavy atom. The molecule has 0 radical (unpaired) electrons. The van der Waals surface area contributed by atoms with Gasteiger partial charge in [0.15, 0.2) is 9.84 Å². The van der Waals surface area contributed by atoms with Crippen LogP contribution >= 0.6 is 0 Å². The highest BCUT2D eigenvalue weighted by Gasteiger charge is 2.29. The van der Waals surface area contributed by atoms with Crippen LogP contribution in [-0.2, 0) is 26.9 Å². The Labute approximate surface area is 127 Å². The molecule has 0 fully saturated rings. The van der Waals surface area contributed by atoms with Gasteiger partial charge in [-0.2, -0.15) is 0 Å². The van der Waals surface area contributed by atoms with Crippen LogP contribution in [0.5, 0.6) is 5.75 Å². The van der Waals surface area contributed by atoms with Crippen LogP contribution in [0.3, 0.4) is 0 Å². The van der Waals surface area contributed by atoms with Gasteiger partial charge in [0, 0.05) is 5.56 Å². The smallest absolute Gasteiger partial charge is 0.491 e. The van der Waals surface area contributed by atoms with Crippen molar-refractivity contribution in [3.8, 4) is 5.75 Å². The molecule has 0 aromatic heterocycles. The highest BCUT2D eigenvalue weighted by atomic mass is 32.2. The van der Waals surface area contributed by atoms with Gasteiger partial charge in [-0.1, -0.05) is 6.07 Å². The van der Waals surface area contributed by atoms with E-state index in [1.165, 1.54) is 36.4 Å². The van der Waals surface area contributed by atoms with E-state index in [1.807, 2.05) is 0 Å². The van der Waals surface area contributed by atoms with Gasteiger partial charge >= 0.3 is 7.12 Å². The Morgan fingerprint density at radius 1 is 1.23 bits per heavy atom. The summed E-state index contributed by atoms with van der Waals surface area (Å²) in [5.41, 5.74) is 0.865. The molecule has 0 amide bonds. The number of phenolic OH excluding ortho intramolecular Hbond substituents is 1. The maximum Gasteiger partial charge on any atom is 0.491 e. The maximum atomic E-state index is 14.0. The zero-order valence-corrected chi connectivity index (χ0v) is 12.2. The zero-order valence-electron chi connectivity index (χ0n) is 11.4. The quantitative estimate of drug-likeness (QED) is 0.814. The van der Waals surface area contributed by atoms with Gasteiger partial charge < -0.3 is 14.8 Å². The first-order chi connectivity index (χ1) is 10.4. The van der Waals surface area contributed by atoms with Crippen LogP contribution in [0.4, 0.5) is 4.39 Å². The summed E-state index contributed by atoms with van der Waals surface area (Å²) >= 11 is 0. The van der Waals surface area contributed by atoms with Crippen LogP contribution in [0.2, 0.25) is 0 Å². The number of benzene rings is 2. The van der Waals surface area contributed by atoms with Crippen LogP contribution in [0, 0.1) is 5.82 Å². The van der Waals surface area contributed by atoms with Crippen molar-refractivity contribution in [3.63, 3.8) is 0 Å². The van der Waals surface area contributed by atoms with Crippen LogP contribution in [0.25, 0.3) is 0 Å². The lowest BCUT2D eigenvalue weighted by atomic mass is 9.79. The maximum absolute atomic E-state index is 14.0. The molecule has 2 aromatic rings. The fourth-order valence-corrected chi connectivity index (χ4v) is 3.69. The highest BCUT2D eigenvalue weighted by molar-refractivity contribution is 7.90. The van der Waals surface area contributed by atoms with E-state index >= 15 is 0 Å². The highest BCUT2D eigenvalue weighted by Crippen LogP contribution is 2.22. The van der Waals surface area contributed by atoms with Crippen molar-refractivity contribution in [2.75, 3.05) is 0 Å². The molecule has 1 heterocycles. The number of halogens is 1. The molecule has 0 spiro atoms. The first-order valence-corrected chi connectivity index (χ1v) is 8.15. The molecule has 1 aliphatic heterocycles. The lowest BCUT2D eigenvalue weighted by Crippen LogP contribution is -2.29. The molecule has 0 saturated heterocycles. The minimum atomic E-state index is -3.76.